The van der Waals surface area contributed by atoms with Gasteiger partial charge in [0.25, 0.3) is 0 Å². The van der Waals surface area contributed by atoms with Gasteiger partial charge in [0.2, 0.25) is 5.95 Å². The minimum absolute atomic E-state index is 0.0741. The summed E-state index contributed by atoms with van der Waals surface area (Å²) in [6.07, 6.45) is -2.79. The zero-order valence-corrected chi connectivity index (χ0v) is 27.1. The van der Waals surface area contributed by atoms with E-state index in [2.05, 4.69) is 25.4 Å². The highest BCUT2D eigenvalue weighted by atomic mass is 31.2. The maximum atomic E-state index is 16.7. The number of ether oxygens (including phenoxy) is 2. The number of nitrogen functional groups attached to an aromatic ring is 1. The van der Waals surface area contributed by atoms with E-state index in [4.69, 9.17) is 24.3 Å². The molecule has 0 radical (unpaired) electrons. The first kappa shape index (κ1) is 32.1. The Labute approximate surface area is 264 Å². The van der Waals surface area contributed by atoms with Crippen LogP contribution in [0.1, 0.15) is 40.8 Å². The van der Waals surface area contributed by atoms with Gasteiger partial charge >= 0.3 is 13.7 Å². The van der Waals surface area contributed by atoms with E-state index in [0.717, 1.165) is 12.3 Å². The number of nitrogens with one attached hydrogen (secondary N) is 2. The SMILES string of the molecule is CNc1nc(N)nc2c1ncn2[C@@H]1O[C@@H]2C(OP(=O)(N[C@@H](C)C(=O)OCC(C)(C)C)Oc3cccc4ccccc34)[C@]2(O)[C@@]1(C)F. The molecule has 2 aromatic carbocycles. The summed E-state index contributed by atoms with van der Waals surface area (Å²) in [4.78, 5) is 25.4. The lowest BCUT2D eigenvalue weighted by molar-refractivity contribution is -0.148. The predicted molar refractivity (Wildman–Crippen MR) is 168 cm³/mol. The number of aromatic nitrogens is 4. The van der Waals surface area contributed by atoms with Crippen molar-refractivity contribution in [2.45, 2.75) is 70.4 Å². The summed E-state index contributed by atoms with van der Waals surface area (Å²) >= 11 is 0. The third-order valence-electron chi connectivity index (χ3n) is 8.06. The van der Waals surface area contributed by atoms with Crippen LogP contribution < -0.4 is 20.7 Å². The first-order chi connectivity index (χ1) is 21.6. The summed E-state index contributed by atoms with van der Waals surface area (Å²) in [6, 6.07) is 11.2. The first-order valence-electron chi connectivity index (χ1n) is 14.7. The van der Waals surface area contributed by atoms with E-state index >= 15 is 4.39 Å². The molecule has 6 rings (SSSR count). The van der Waals surface area contributed by atoms with Crippen molar-refractivity contribution in [1.82, 2.24) is 24.6 Å². The molecule has 1 aliphatic heterocycles. The van der Waals surface area contributed by atoms with Gasteiger partial charge in [0.15, 0.2) is 34.5 Å². The van der Waals surface area contributed by atoms with Crippen LogP contribution in [0.15, 0.2) is 48.8 Å². The topological polar surface area (TPSA) is 185 Å². The molecule has 0 bridgehead atoms. The fraction of sp³-hybridized carbons (Fsp3) is 0.467. The smallest absolute Gasteiger partial charge is 0.459 e. The van der Waals surface area contributed by atoms with Gasteiger partial charge in [-0.3, -0.25) is 13.9 Å². The molecule has 2 unspecified atom stereocenters. The highest BCUT2D eigenvalue weighted by molar-refractivity contribution is 7.52. The molecule has 7 atom stereocenters. The van der Waals surface area contributed by atoms with E-state index in [1.54, 1.807) is 31.3 Å². The van der Waals surface area contributed by atoms with Gasteiger partial charge < -0.3 is 30.2 Å². The molecule has 246 valence electrons. The highest BCUT2D eigenvalue weighted by Gasteiger charge is 2.85. The molecule has 16 heteroatoms. The molecule has 14 nitrogen and oxygen atoms in total. The summed E-state index contributed by atoms with van der Waals surface area (Å²) in [7, 11) is -2.90. The molecule has 0 spiro atoms. The lowest BCUT2D eigenvalue weighted by atomic mass is 9.97. The second-order valence-corrected chi connectivity index (χ2v) is 14.6. The number of rotatable bonds is 10. The van der Waals surface area contributed by atoms with Crippen LogP contribution in [0.5, 0.6) is 5.75 Å². The zero-order valence-electron chi connectivity index (χ0n) is 26.2. The lowest BCUT2D eigenvalue weighted by Crippen LogP contribution is -2.45. The van der Waals surface area contributed by atoms with E-state index in [1.807, 2.05) is 39.0 Å². The molecule has 5 N–H and O–H groups in total. The van der Waals surface area contributed by atoms with E-state index < -0.39 is 49.5 Å². The molecule has 1 saturated carbocycles. The van der Waals surface area contributed by atoms with Crippen LogP contribution in [0.25, 0.3) is 21.9 Å². The van der Waals surface area contributed by atoms with Crippen molar-refractivity contribution in [3.63, 3.8) is 0 Å². The number of aliphatic hydroxyl groups is 1. The van der Waals surface area contributed by atoms with Crippen molar-refractivity contribution < 1.29 is 37.4 Å². The van der Waals surface area contributed by atoms with Gasteiger partial charge in [-0.1, -0.05) is 57.2 Å². The van der Waals surface area contributed by atoms with Crippen LogP contribution in [-0.4, -0.2) is 73.8 Å². The highest BCUT2D eigenvalue weighted by Crippen LogP contribution is 2.66. The largest absolute Gasteiger partial charge is 0.464 e. The van der Waals surface area contributed by atoms with Crippen molar-refractivity contribution in [2.24, 2.45) is 5.41 Å². The number of carbonyl (C=O) groups excluding carboxylic acids is 1. The third-order valence-corrected chi connectivity index (χ3v) is 9.70. The summed E-state index contributed by atoms with van der Waals surface area (Å²) in [5, 5.41) is 18.6. The van der Waals surface area contributed by atoms with Crippen LogP contribution in [0.3, 0.4) is 0 Å². The monoisotopic (exact) mass is 657 g/mol. The standard InChI is InChI=1S/C30H37FN7O7P/c1-16(25(39)42-14-28(2,3)4)37-46(41,44-19-13-9-11-17-10-7-8-12-18(17)19)45-22-21-30(22,40)29(5,31)26(43-21)38-15-34-20-23(33-6)35-27(32)36-24(20)38/h7-13,15-16,21-22,26,40H,14H2,1-6H3,(H,37,41)(H3,32,33,35,36)/t16-,21+,22?,26+,29-,30-,46?/m0/s1. The van der Waals surface area contributed by atoms with Gasteiger partial charge in [0, 0.05) is 12.4 Å². The van der Waals surface area contributed by atoms with Crippen molar-refractivity contribution in [1.29, 1.82) is 0 Å². The molecule has 46 heavy (non-hydrogen) atoms. The fourth-order valence-corrected chi connectivity index (χ4v) is 7.31. The van der Waals surface area contributed by atoms with E-state index in [0.29, 0.717) is 16.7 Å². The van der Waals surface area contributed by atoms with Crippen LogP contribution in [0, 0.1) is 5.41 Å². The number of hydrogen-bond acceptors (Lipinski definition) is 12. The number of anilines is 2. The number of hydrogen-bond donors (Lipinski definition) is 4. The number of benzene rings is 2. The van der Waals surface area contributed by atoms with Crippen LogP contribution in [0.4, 0.5) is 16.2 Å². The molecule has 4 aromatic rings. The Kier molecular flexibility index (Phi) is 7.76. The van der Waals surface area contributed by atoms with Crippen molar-refractivity contribution in [3.05, 3.63) is 48.8 Å². The van der Waals surface area contributed by atoms with Crippen LogP contribution >= 0.6 is 7.75 Å². The summed E-state index contributed by atoms with van der Waals surface area (Å²) in [5.41, 5.74) is 1.29. The molecule has 2 fully saturated rings. The number of nitrogens with two attached hydrogens (primary N) is 1. The molecule has 3 heterocycles. The minimum atomic E-state index is -4.52. The molecule has 2 aromatic heterocycles. The quantitative estimate of drug-likeness (QED) is 0.141. The van der Waals surface area contributed by atoms with Gasteiger partial charge in [-0.2, -0.15) is 15.1 Å². The maximum absolute atomic E-state index is 16.7. The third kappa shape index (κ3) is 5.45. The van der Waals surface area contributed by atoms with E-state index in [1.165, 1.54) is 17.8 Å². The van der Waals surface area contributed by atoms with Gasteiger partial charge in [-0.15, -0.1) is 0 Å². The fourth-order valence-electron chi connectivity index (χ4n) is 5.59. The second-order valence-electron chi connectivity index (χ2n) is 12.9. The number of imidazole rings is 1. The average Bonchev–Trinajstić information content (AvgIpc) is 3.23. The van der Waals surface area contributed by atoms with Gasteiger partial charge in [-0.25, -0.2) is 13.9 Å². The Hall–Kier alpha value is -3.88. The van der Waals surface area contributed by atoms with Crippen molar-refractivity contribution in [3.8, 4) is 5.75 Å². The molecule has 0 amide bonds. The van der Waals surface area contributed by atoms with Gasteiger partial charge in [0.1, 0.15) is 24.0 Å². The Morgan fingerprint density at radius 2 is 1.96 bits per heavy atom. The number of carbonyl (C=O) groups is 1. The van der Waals surface area contributed by atoms with Gasteiger partial charge in [-0.05, 0) is 30.7 Å². The summed E-state index contributed by atoms with van der Waals surface area (Å²) < 4.78 is 55.8. The van der Waals surface area contributed by atoms with Crippen molar-refractivity contribution >= 4 is 47.4 Å². The molecular weight excluding hydrogens is 620 g/mol. The average molecular weight is 658 g/mol. The molecule has 1 saturated heterocycles. The molecular formula is C30H37FN7O7P. The van der Waals surface area contributed by atoms with Gasteiger partial charge in [0.05, 0.1) is 12.9 Å². The Morgan fingerprint density at radius 1 is 1.24 bits per heavy atom. The number of halogens is 1. The second kappa shape index (κ2) is 11.1. The van der Waals surface area contributed by atoms with Crippen molar-refractivity contribution in [2.75, 3.05) is 24.7 Å². The lowest BCUT2D eigenvalue weighted by Gasteiger charge is -2.32. The Balaban J connectivity index is 1.28. The first-order valence-corrected chi connectivity index (χ1v) is 16.3. The predicted octanol–water partition coefficient (Wildman–Crippen LogP) is 4.11. The summed E-state index contributed by atoms with van der Waals surface area (Å²) in [5.74, 6) is -0.255. The molecule has 2 aliphatic rings. The summed E-state index contributed by atoms with van der Waals surface area (Å²) in [6.45, 7) is 8.40. The zero-order chi connectivity index (χ0) is 33.2. The number of fused-ring (bicyclic) bond motifs is 3. The molecule has 1 aliphatic carbocycles. The maximum Gasteiger partial charge on any atom is 0.459 e. The number of alkyl halides is 1. The number of esters is 1. The Morgan fingerprint density at radius 3 is 2.63 bits per heavy atom. The minimum Gasteiger partial charge on any atom is -0.464 e. The number of nitrogens with zero attached hydrogens (tertiary/aromatic N) is 4. The Bertz CT molecular complexity index is 1860. The van der Waals surface area contributed by atoms with Crippen LogP contribution in [-0.2, 0) is 23.4 Å². The van der Waals surface area contributed by atoms with Crippen LogP contribution in [0.2, 0.25) is 0 Å². The normalized spacial score (nSPS) is 27.6. The van der Waals surface area contributed by atoms with E-state index in [9.17, 15) is 14.5 Å². The van der Waals surface area contributed by atoms with E-state index in [-0.39, 0.29) is 29.4 Å².